The van der Waals surface area contributed by atoms with Gasteiger partial charge in [-0.05, 0) is 101 Å². The van der Waals surface area contributed by atoms with Gasteiger partial charge in [0.2, 0.25) is 0 Å². The van der Waals surface area contributed by atoms with Gasteiger partial charge in [-0.1, -0.05) is 41.4 Å². The lowest BCUT2D eigenvalue weighted by atomic mass is 9.97. The van der Waals surface area contributed by atoms with E-state index in [0.29, 0.717) is 55.1 Å². The first-order valence-electron chi connectivity index (χ1n) is 19.3. The summed E-state index contributed by atoms with van der Waals surface area (Å²) < 4.78 is 10.2. The molecule has 2 unspecified atom stereocenters. The molecule has 0 spiro atoms. The minimum atomic E-state index is -1.05. The number of alkyl halides is 1. The number of aliphatic hydroxyl groups excluding tert-OH is 1. The largest absolute Gasteiger partial charge is 0.494 e. The normalized spacial score (nSPS) is 18.6. The average molecular weight is 810 g/mol. The molecule has 1 saturated heterocycles. The zero-order chi connectivity index (χ0) is 40.4. The quantitative estimate of drug-likeness (QED) is 0.0802. The maximum absolute atomic E-state index is 15.2. The van der Waals surface area contributed by atoms with E-state index >= 15 is 4.79 Å². The zero-order valence-electron chi connectivity index (χ0n) is 32.9. The van der Waals surface area contributed by atoms with Crippen LogP contribution in [0.1, 0.15) is 80.6 Å². The first-order valence-corrected chi connectivity index (χ1v) is 20.1. The molecular weight excluding hydrogens is 763 g/mol. The van der Waals surface area contributed by atoms with Gasteiger partial charge in [0, 0.05) is 70.2 Å². The Balaban J connectivity index is 1.25. The van der Waals surface area contributed by atoms with E-state index in [1.165, 1.54) is 0 Å². The number of hydrogen-bond acceptors (Lipinski definition) is 7. The van der Waals surface area contributed by atoms with Gasteiger partial charge < -0.3 is 24.1 Å². The van der Waals surface area contributed by atoms with E-state index in [9.17, 15) is 15.0 Å². The van der Waals surface area contributed by atoms with Crippen LogP contribution in [-0.4, -0.2) is 77.4 Å². The van der Waals surface area contributed by atoms with Crippen LogP contribution in [0.4, 0.5) is 5.69 Å². The molecule has 2 N–H and O–H groups in total. The van der Waals surface area contributed by atoms with Gasteiger partial charge in [-0.15, -0.1) is 0 Å². The van der Waals surface area contributed by atoms with E-state index in [4.69, 9.17) is 37.9 Å². The number of carboxylic acids is 1. The molecule has 296 valence electrons. The van der Waals surface area contributed by atoms with Crippen molar-refractivity contribution in [1.29, 1.82) is 0 Å². The smallest absolute Gasteiger partial charge is 0.335 e. The number of anilines is 1. The zero-order valence-corrected chi connectivity index (χ0v) is 34.4. The van der Waals surface area contributed by atoms with Crippen molar-refractivity contribution in [2.75, 3.05) is 24.6 Å². The van der Waals surface area contributed by atoms with E-state index in [0.717, 1.165) is 79.4 Å². The van der Waals surface area contributed by atoms with Crippen LogP contribution >= 0.6 is 23.2 Å². The number of benzene rings is 3. The number of fused-ring (bicyclic) bond motifs is 4. The Morgan fingerprint density at radius 3 is 2.40 bits per heavy atom. The number of aromatic carboxylic acids is 1. The average Bonchev–Trinajstić information content (AvgIpc) is 3.84. The summed E-state index contributed by atoms with van der Waals surface area (Å²) in [5.41, 5.74) is 8.32. The summed E-state index contributed by atoms with van der Waals surface area (Å²) in [6.45, 7) is 12.3. The van der Waals surface area contributed by atoms with Gasteiger partial charge >= 0.3 is 5.97 Å². The number of carbonyl (C=O) groups is 2. The molecule has 11 nitrogen and oxygen atoms in total. The summed E-state index contributed by atoms with van der Waals surface area (Å²) in [6, 6.07) is 14.6. The molecule has 0 bridgehead atoms. The Bertz CT molecular complexity index is 2550. The highest BCUT2D eigenvalue weighted by Gasteiger charge is 2.42. The van der Waals surface area contributed by atoms with Crippen LogP contribution in [0.2, 0.25) is 5.02 Å². The first-order chi connectivity index (χ1) is 27.2. The summed E-state index contributed by atoms with van der Waals surface area (Å²) in [7, 11) is 1.87. The van der Waals surface area contributed by atoms with Crippen molar-refractivity contribution in [2.45, 2.75) is 78.1 Å². The van der Waals surface area contributed by atoms with Crippen LogP contribution in [0.25, 0.3) is 32.9 Å². The first kappa shape index (κ1) is 38.9. The molecule has 3 aromatic heterocycles. The predicted molar refractivity (Wildman–Crippen MR) is 224 cm³/mol. The monoisotopic (exact) mass is 808 g/mol. The molecule has 1 fully saturated rings. The number of β-amino-alcohol motifs (C(OH)–C–C–N with tert-alkyl or cyclic N) is 1. The van der Waals surface area contributed by atoms with Crippen molar-refractivity contribution in [2.24, 2.45) is 7.05 Å². The number of likely N-dealkylation sites (tertiary alicyclic amines) is 1. The summed E-state index contributed by atoms with van der Waals surface area (Å²) in [4.78, 5) is 41.0. The lowest BCUT2D eigenvalue weighted by Crippen LogP contribution is -2.47. The van der Waals surface area contributed by atoms with Gasteiger partial charge in [0.1, 0.15) is 22.8 Å². The molecule has 0 aliphatic carbocycles. The molecule has 3 atom stereocenters. The predicted octanol–water partition coefficient (Wildman–Crippen LogP) is 8.54. The Morgan fingerprint density at radius 2 is 1.74 bits per heavy atom. The Morgan fingerprint density at radius 1 is 1.02 bits per heavy atom. The number of amides is 1. The van der Waals surface area contributed by atoms with Crippen LogP contribution in [0.5, 0.6) is 5.75 Å². The highest BCUT2D eigenvalue weighted by Crippen LogP contribution is 2.46. The molecule has 57 heavy (non-hydrogen) atoms. The second kappa shape index (κ2) is 15.1. The second-order valence-electron chi connectivity index (χ2n) is 15.5. The van der Waals surface area contributed by atoms with Gasteiger partial charge in [0.15, 0.2) is 0 Å². The minimum Gasteiger partial charge on any atom is -0.494 e. The maximum atomic E-state index is 15.2. The van der Waals surface area contributed by atoms with E-state index < -0.39 is 17.5 Å². The topological polar surface area (TPSA) is 126 Å². The van der Waals surface area contributed by atoms with Crippen LogP contribution in [0.15, 0.2) is 54.7 Å². The Hall–Kier alpha value is -4.94. The SMILES string of the molecule is Cc1cc(OCCCc2c3n(c4c(-c5c(C)nc(CN6CCC(O)C6)nc5C)cccc24)[C@H](C)C(Cl)N(c2cn(C)c4ccc(C(=O)O)cc24)C3=O)cc(C)c1Cl. The number of rotatable bonds is 10. The van der Waals surface area contributed by atoms with Gasteiger partial charge in [-0.3, -0.25) is 14.6 Å². The third kappa shape index (κ3) is 6.84. The molecule has 3 aromatic carbocycles. The molecule has 0 saturated carbocycles. The molecule has 0 radical (unpaired) electrons. The third-order valence-corrected chi connectivity index (χ3v) is 12.7. The summed E-state index contributed by atoms with van der Waals surface area (Å²) in [6.07, 6.45) is 3.43. The fourth-order valence-corrected chi connectivity index (χ4v) is 9.28. The summed E-state index contributed by atoms with van der Waals surface area (Å²) >= 11 is 13.8. The lowest BCUT2D eigenvalue weighted by Gasteiger charge is -2.38. The third-order valence-electron chi connectivity index (χ3n) is 11.5. The van der Waals surface area contributed by atoms with Crippen molar-refractivity contribution in [3.8, 4) is 16.9 Å². The summed E-state index contributed by atoms with van der Waals surface area (Å²) in [5.74, 6) is 0.135. The van der Waals surface area contributed by atoms with E-state index in [1.807, 2.05) is 70.6 Å². The molecular formula is C44H46Cl2N6O5. The van der Waals surface area contributed by atoms with Crippen LogP contribution in [0.3, 0.4) is 0 Å². The number of hydrogen-bond donors (Lipinski definition) is 2. The Kier molecular flexibility index (Phi) is 10.3. The van der Waals surface area contributed by atoms with Gasteiger partial charge in [0.25, 0.3) is 5.91 Å². The molecule has 5 heterocycles. The van der Waals surface area contributed by atoms with Crippen molar-refractivity contribution >= 4 is 62.6 Å². The Labute approximate surface area is 341 Å². The molecule has 2 aliphatic heterocycles. The van der Waals surface area contributed by atoms with Gasteiger partial charge in [-0.2, -0.15) is 0 Å². The minimum absolute atomic E-state index is 0.126. The highest BCUT2D eigenvalue weighted by molar-refractivity contribution is 6.32. The number of aliphatic hydroxyl groups is 1. The standard InChI is InChI=1S/C44H46Cl2N6O5/c1-23-17-30(18-24(2)39(23)45)57-16-8-11-32-31-9-7-10-33(38-25(3)47-37(48-26(38)4)22-50-15-14-29(53)20-50)40(31)51-27(5)42(46)52(43(54)41(32)51)36-21-49(6)35-13-12-28(44(55)56)19-34(35)36/h7,9-10,12-13,17-19,21,27,29,42,53H,8,11,14-16,20,22H2,1-6H3,(H,55,56)/t27-,29?,42?/m1/s1. The maximum Gasteiger partial charge on any atom is 0.335 e. The fraction of sp³-hybridized carbons (Fsp3) is 0.364. The second-order valence-corrected chi connectivity index (χ2v) is 16.4. The van der Waals surface area contributed by atoms with Crippen molar-refractivity contribution < 1.29 is 24.5 Å². The van der Waals surface area contributed by atoms with E-state index in [1.54, 1.807) is 23.1 Å². The molecule has 1 amide bonds. The number of nitrogens with zero attached hydrogens (tertiary/aromatic N) is 6. The van der Waals surface area contributed by atoms with Crippen molar-refractivity contribution in [1.82, 2.24) is 24.0 Å². The van der Waals surface area contributed by atoms with Crippen LogP contribution in [-0.2, 0) is 20.0 Å². The molecule has 6 aromatic rings. The number of carboxylic acid groups (broad SMARTS) is 1. The van der Waals surface area contributed by atoms with E-state index in [2.05, 4.69) is 21.6 Å². The number of ether oxygens (including phenoxy) is 1. The number of halogens is 2. The number of aromatic nitrogens is 4. The highest BCUT2D eigenvalue weighted by atomic mass is 35.5. The van der Waals surface area contributed by atoms with Gasteiger partial charge in [-0.25, -0.2) is 14.8 Å². The van der Waals surface area contributed by atoms with Crippen molar-refractivity contribution in [3.05, 3.63) is 105 Å². The van der Waals surface area contributed by atoms with Crippen LogP contribution in [0, 0.1) is 27.7 Å². The van der Waals surface area contributed by atoms with Crippen molar-refractivity contribution in [3.63, 3.8) is 0 Å². The lowest BCUT2D eigenvalue weighted by molar-refractivity contribution is 0.0696. The van der Waals surface area contributed by atoms with Gasteiger partial charge in [0.05, 0.1) is 42.1 Å². The number of carbonyl (C=O) groups excluding carboxylic acids is 1. The fourth-order valence-electron chi connectivity index (χ4n) is 8.86. The van der Waals surface area contributed by atoms with E-state index in [-0.39, 0.29) is 17.6 Å². The van der Waals surface area contributed by atoms with Crippen LogP contribution < -0.4 is 9.64 Å². The number of para-hydroxylation sites is 1. The number of aryl methyl sites for hydroxylation is 6. The molecule has 8 rings (SSSR count). The molecule has 13 heteroatoms. The summed E-state index contributed by atoms with van der Waals surface area (Å²) in [5, 5.41) is 22.2. The molecule has 2 aliphatic rings.